The maximum absolute atomic E-state index is 6.02. The summed E-state index contributed by atoms with van der Waals surface area (Å²) in [5.41, 5.74) is 4.52. The van der Waals surface area contributed by atoms with Crippen LogP contribution in [0.4, 0.5) is 0 Å². The Morgan fingerprint density at radius 1 is 0.500 bits per heavy atom. The van der Waals surface area contributed by atoms with Crippen LogP contribution in [0.15, 0.2) is 69.6 Å². The van der Waals surface area contributed by atoms with Gasteiger partial charge in [-0.1, -0.05) is 160 Å². The maximum atomic E-state index is 6.02. The fourth-order valence-corrected chi connectivity index (χ4v) is 6.34. The number of hydrogen-bond donors (Lipinski definition) is 0. The van der Waals surface area contributed by atoms with Crippen LogP contribution in [-0.4, -0.2) is 13.2 Å². The van der Waals surface area contributed by atoms with E-state index in [1.807, 2.05) is 0 Å². The summed E-state index contributed by atoms with van der Waals surface area (Å²) in [6.45, 7) is 15.4. The van der Waals surface area contributed by atoms with Crippen molar-refractivity contribution in [3.8, 4) is 11.5 Å². The molecule has 0 aliphatic rings. The molecule has 250 valence electrons. The third-order valence-corrected chi connectivity index (χ3v) is 9.88. The first-order chi connectivity index (χ1) is 22.1. The summed E-state index contributed by atoms with van der Waals surface area (Å²) < 4.78 is 14.1. The molecule has 0 radical (unpaired) electrons. The molecule has 4 heteroatoms. The van der Waals surface area contributed by atoms with Crippen LogP contribution >= 0.6 is 31.9 Å². The van der Waals surface area contributed by atoms with Gasteiger partial charge in [0.15, 0.2) is 0 Å². The number of hydrogen-bond acceptors (Lipinski definition) is 2. The molecule has 0 N–H and O–H groups in total. The SMILES string of the molecule is CC(C)CCCC(C)CCOc1ccc(/C=C/c2cc(Br)c(/C=C/c3ccc(OCCC(C)CCCC(C)C)cc3)cc2Br)cc1. The lowest BCUT2D eigenvalue weighted by Crippen LogP contribution is -2.04. The van der Waals surface area contributed by atoms with Crippen LogP contribution < -0.4 is 9.47 Å². The first kappa shape index (κ1) is 38.2. The summed E-state index contributed by atoms with van der Waals surface area (Å²) in [5.74, 6) is 4.88. The van der Waals surface area contributed by atoms with Crippen LogP contribution in [0.2, 0.25) is 0 Å². The van der Waals surface area contributed by atoms with Gasteiger partial charge in [-0.25, -0.2) is 0 Å². The molecule has 2 atom stereocenters. The molecule has 46 heavy (non-hydrogen) atoms. The van der Waals surface area contributed by atoms with E-state index < -0.39 is 0 Å². The molecule has 0 heterocycles. The fourth-order valence-electron chi connectivity index (χ4n) is 5.35. The second kappa shape index (κ2) is 20.8. The second-order valence-corrected chi connectivity index (χ2v) is 15.5. The molecule has 0 bridgehead atoms. The van der Waals surface area contributed by atoms with Gasteiger partial charge in [0.2, 0.25) is 0 Å². The smallest absolute Gasteiger partial charge is 0.119 e. The van der Waals surface area contributed by atoms with Crippen molar-refractivity contribution >= 4 is 56.2 Å². The molecule has 0 spiro atoms. The van der Waals surface area contributed by atoms with E-state index in [1.54, 1.807) is 0 Å². The molecule has 0 saturated heterocycles. The van der Waals surface area contributed by atoms with E-state index in [0.29, 0.717) is 11.8 Å². The van der Waals surface area contributed by atoms with Crippen molar-refractivity contribution in [2.45, 2.75) is 92.9 Å². The van der Waals surface area contributed by atoms with E-state index in [4.69, 9.17) is 9.47 Å². The molecule has 2 nitrogen and oxygen atoms in total. The highest BCUT2D eigenvalue weighted by Gasteiger charge is 2.07. The van der Waals surface area contributed by atoms with Crippen molar-refractivity contribution in [1.82, 2.24) is 0 Å². The number of halogens is 2. The molecule has 0 amide bonds. The zero-order chi connectivity index (χ0) is 33.3. The van der Waals surface area contributed by atoms with E-state index in [2.05, 4.69) is 158 Å². The highest BCUT2D eigenvalue weighted by molar-refractivity contribution is 9.11. The van der Waals surface area contributed by atoms with Crippen LogP contribution in [0.3, 0.4) is 0 Å². The van der Waals surface area contributed by atoms with Crippen LogP contribution in [0, 0.1) is 23.7 Å². The highest BCUT2D eigenvalue weighted by atomic mass is 79.9. The Morgan fingerprint density at radius 3 is 1.22 bits per heavy atom. The molecule has 3 rings (SSSR count). The third-order valence-electron chi connectivity index (χ3n) is 8.50. The Labute approximate surface area is 297 Å². The Hall–Kier alpha value is -2.30. The van der Waals surface area contributed by atoms with E-state index in [-0.39, 0.29) is 0 Å². The first-order valence-corrected chi connectivity index (χ1v) is 19.0. The standard InChI is InChI=1S/C42H56Br2O2/c1-31(2)9-7-11-33(5)25-27-45-39-21-15-35(16-22-39)13-19-37-29-42(44)38(30-41(37)43)20-14-36-17-23-40(24-18-36)46-28-26-34(6)12-8-10-32(3)4/h13-24,29-34H,7-12,25-28H2,1-6H3/b19-13+,20-14+. The molecule has 2 unspecified atom stereocenters. The Balaban J connectivity index is 1.46. The zero-order valence-corrected chi connectivity index (χ0v) is 32.2. The monoisotopic (exact) mass is 750 g/mol. The fraction of sp³-hybridized carbons (Fsp3) is 0.476. The lowest BCUT2D eigenvalue weighted by molar-refractivity contribution is 0.275. The minimum absolute atomic E-state index is 0.708. The predicted molar refractivity (Wildman–Crippen MR) is 209 cm³/mol. The van der Waals surface area contributed by atoms with Gasteiger partial charge in [0.05, 0.1) is 13.2 Å². The topological polar surface area (TPSA) is 18.5 Å². The molecule has 3 aromatic carbocycles. The normalized spacial score (nSPS) is 13.3. The summed E-state index contributed by atoms with van der Waals surface area (Å²) in [7, 11) is 0. The van der Waals surface area contributed by atoms with Crippen molar-refractivity contribution < 1.29 is 9.47 Å². The van der Waals surface area contributed by atoms with E-state index in [9.17, 15) is 0 Å². The zero-order valence-electron chi connectivity index (χ0n) is 29.0. The predicted octanol–water partition coefficient (Wildman–Crippen LogP) is 14.0. The minimum Gasteiger partial charge on any atom is -0.494 e. The number of benzene rings is 3. The minimum atomic E-state index is 0.708. The third kappa shape index (κ3) is 15.1. The van der Waals surface area contributed by atoms with Gasteiger partial charge in [-0.05, 0) is 95.2 Å². The molecule has 0 aliphatic heterocycles. The van der Waals surface area contributed by atoms with Crippen molar-refractivity contribution in [2.75, 3.05) is 13.2 Å². The summed E-state index contributed by atoms with van der Waals surface area (Å²) in [6.07, 6.45) is 18.6. The van der Waals surface area contributed by atoms with E-state index >= 15 is 0 Å². The second-order valence-electron chi connectivity index (χ2n) is 13.8. The summed E-state index contributed by atoms with van der Waals surface area (Å²) in [6, 6.07) is 21.0. The molecule has 0 aliphatic carbocycles. The Kier molecular flexibility index (Phi) is 17.3. The van der Waals surface area contributed by atoms with Crippen molar-refractivity contribution in [2.24, 2.45) is 23.7 Å². The van der Waals surface area contributed by atoms with Crippen molar-refractivity contribution in [3.05, 3.63) is 91.9 Å². The lowest BCUT2D eigenvalue weighted by atomic mass is 9.98. The van der Waals surface area contributed by atoms with Gasteiger partial charge in [-0.15, -0.1) is 0 Å². The van der Waals surface area contributed by atoms with Crippen LogP contribution in [0.5, 0.6) is 11.5 Å². The van der Waals surface area contributed by atoms with Crippen molar-refractivity contribution in [1.29, 1.82) is 0 Å². The Bertz CT molecular complexity index is 1230. The quantitative estimate of drug-likeness (QED) is 0.107. The molecule has 0 fully saturated rings. The van der Waals surface area contributed by atoms with Gasteiger partial charge in [-0.2, -0.15) is 0 Å². The van der Waals surface area contributed by atoms with E-state index in [1.165, 1.54) is 38.5 Å². The summed E-state index contributed by atoms with van der Waals surface area (Å²) >= 11 is 7.55. The van der Waals surface area contributed by atoms with Gasteiger partial charge in [0.1, 0.15) is 11.5 Å². The summed E-state index contributed by atoms with van der Waals surface area (Å²) in [4.78, 5) is 0. The highest BCUT2D eigenvalue weighted by Crippen LogP contribution is 2.29. The molecular weight excluding hydrogens is 696 g/mol. The average Bonchev–Trinajstić information content (AvgIpc) is 3.01. The largest absolute Gasteiger partial charge is 0.494 e. The van der Waals surface area contributed by atoms with Crippen LogP contribution in [-0.2, 0) is 0 Å². The Morgan fingerprint density at radius 2 is 0.870 bits per heavy atom. The first-order valence-electron chi connectivity index (χ1n) is 17.4. The lowest BCUT2D eigenvalue weighted by Gasteiger charge is -2.13. The molecule has 3 aromatic rings. The van der Waals surface area contributed by atoms with Gasteiger partial charge in [-0.3, -0.25) is 0 Å². The number of rotatable bonds is 20. The summed E-state index contributed by atoms with van der Waals surface area (Å²) in [5, 5.41) is 0. The van der Waals surface area contributed by atoms with Crippen LogP contribution in [0.1, 0.15) is 115 Å². The molecule has 0 saturated carbocycles. The van der Waals surface area contributed by atoms with Gasteiger partial charge >= 0.3 is 0 Å². The van der Waals surface area contributed by atoms with Gasteiger partial charge in [0.25, 0.3) is 0 Å². The molecular formula is C42H56Br2O2. The van der Waals surface area contributed by atoms with Gasteiger partial charge < -0.3 is 9.47 Å². The van der Waals surface area contributed by atoms with Crippen molar-refractivity contribution in [3.63, 3.8) is 0 Å². The maximum Gasteiger partial charge on any atom is 0.119 e. The van der Waals surface area contributed by atoms with E-state index in [0.717, 1.165) is 80.6 Å². The van der Waals surface area contributed by atoms with Crippen LogP contribution in [0.25, 0.3) is 24.3 Å². The van der Waals surface area contributed by atoms with Gasteiger partial charge in [0, 0.05) is 8.95 Å². The number of ether oxygens (including phenoxy) is 2. The molecule has 0 aromatic heterocycles. The average molecular weight is 753 g/mol.